The number of nitrogens with one attached hydrogen (secondary N) is 4. The Morgan fingerprint density at radius 2 is 1.70 bits per heavy atom. The van der Waals surface area contributed by atoms with Crippen molar-refractivity contribution >= 4 is 17.1 Å². The highest BCUT2D eigenvalue weighted by atomic mass is 16.5. The highest BCUT2D eigenvalue weighted by Gasteiger charge is 2.55. The van der Waals surface area contributed by atoms with Gasteiger partial charge in [0.2, 0.25) is 0 Å². The number of phenolic OH excluding ortho intramolecular Hbond substituents is 1. The summed E-state index contributed by atoms with van der Waals surface area (Å²) in [5, 5.41) is 48.4. The summed E-state index contributed by atoms with van der Waals surface area (Å²) in [6.45, 7) is 3.35. The van der Waals surface area contributed by atoms with E-state index in [1.807, 2.05) is 12.3 Å². The van der Waals surface area contributed by atoms with Crippen molar-refractivity contribution in [3.63, 3.8) is 0 Å². The second kappa shape index (κ2) is 25.9. The fraction of sp³-hybridized carbons (Fsp3) is 0.576. The first-order valence-electron chi connectivity index (χ1n) is 29.8. The van der Waals surface area contributed by atoms with Crippen LogP contribution in [0.15, 0.2) is 108 Å². The number of nitrogens with two attached hydrogens (primary N) is 1. The maximum atomic E-state index is 14.2. The number of fused-ring (bicyclic) bond motifs is 3. The smallest absolute Gasteiger partial charge is 0.163 e. The number of benzene rings is 3. The van der Waals surface area contributed by atoms with E-state index in [1.54, 1.807) is 12.1 Å². The highest BCUT2D eigenvalue weighted by molar-refractivity contribution is 6.07. The van der Waals surface area contributed by atoms with E-state index < -0.39 is 6.61 Å². The average Bonchev–Trinajstić information content (AvgIpc) is 3.90. The van der Waals surface area contributed by atoms with Gasteiger partial charge in [-0.2, -0.15) is 0 Å². The third-order valence-corrected chi connectivity index (χ3v) is 19.7. The zero-order valence-electron chi connectivity index (χ0n) is 45.9. The van der Waals surface area contributed by atoms with Crippen molar-refractivity contribution in [1.82, 2.24) is 21.3 Å². The zero-order chi connectivity index (χ0) is 53.3. The molecule has 0 spiro atoms. The Hall–Kier alpha value is -4.88. The molecule has 10 rings (SSSR count). The first-order valence-corrected chi connectivity index (χ1v) is 29.8. The van der Waals surface area contributed by atoms with Crippen LogP contribution in [0.5, 0.6) is 11.5 Å². The number of aromatic hydroxyl groups is 1. The van der Waals surface area contributed by atoms with Crippen molar-refractivity contribution < 1.29 is 29.6 Å². The molecular formula is C66H89N5O6. The summed E-state index contributed by atoms with van der Waals surface area (Å²) in [4.78, 5) is 28.3. The van der Waals surface area contributed by atoms with E-state index in [1.165, 1.54) is 68.4 Å². The molecule has 5 fully saturated rings. The summed E-state index contributed by atoms with van der Waals surface area (Å²) in [7, 11) is 1.49. The Kier molecular flexibility index (Phi) is 18.7. The highest BCUT2D eigenvalue weighted by Crippen LogP contribution is 2.60. The van der Waals surface area contributed by atoms with Gasteiger partial charge in [0.1, 0.15) is 5.78 Å². The van der Waals surface area contributed by atoms with Crippen LogP contribution in [0.1, 0.15) is 131 Å². The Labute approximate surface area is 459 Å². The monoisotopic (exact) mass is 1050 g/mol. The number of Topliss-reactive ketones (excluding diaryl/α,β-unsaturated/α-hetero) is 1. The van der Waals surface area contributed by atoms with Crippen molar-refractivity contribution in [2.45, 2.75) is 153 Å². The largest absolute Gasteiger partial charge is 0.504 e. The number of methoxy groups -OCH3 is 1. The van der Waals surface area contributed by atoms with Gasteiger partial charge in [0.05, 0.1) is 32.4 Å². The predicted molar refractivity (Wildman–Crippen MR) is 307 cm³/mol. The number of hydrogen-bond donors (Lipinski definition) is 8. The predicted octanol–water partition coefficient (Wildman–Crippen LogP) is 9.23. The molecule has 1 unspecified atom stereocenters. The van der Waals surface area contributed by atoms with E-state index in [0.29, 0.717) is 78.1 Å². The van der Waals surface area contributed by atoms with Crippen LogP contribution in [-0.2, 0) is 35.3 Å². The molecule has 1 saturated heterocycles. The molecule has 414 valence electrons. The number of phenols is 1. The quantitative estimate of drug-likeness (QED) is 0.0273. The number of ketones is 2. The summed E-state index contributed by atoms with van der Waals surface area (Å²) in [5.74, 6) is 3.48. The minimum Gasteiger partial charge on any atom is -0.504 e. The molecule has 3 aromatic carbocycles. The minimum absolute atomic E-state index is 0.0384. The van der Waals surface area contributed by atoms with Crippen LogP contribution in [0.2, 0.25) is 0 Å². The van der Waals surface area contributed by atoms with Crippen LogP contribution < -0.4 is 31.7 Å². The zero-order valence-corrected chi connectivity index (χ0v) is 45.9. The fourth-order valence-electron chi connectivity index (χ4n) is 16.0. The molecule has 3 heterocycles. The normalized spacial score (nSPS) is 29.8. The van der Waals surface area contributed by atoms with Crippen molar-refractivity contribution in [2.75, 3.05) is 39.9 Å². The number of aryl methyl sites for hydroxylation is 3. The summed E-state index contributed by atoms with van der Waals surface area (Å²) in [5.41, 5.74) is 14.2. The lowest BCUT2D eigenvalue weighted by molar-refractivity contribution is -0.126. The third-order valence-electron chi connectivity index (χ3n) is 19.7. The second-order valence-corrected chi connectivity index (χ2v) is 24.7. The van der Waals surface area contributed by atoms with Gasteiger partial charge in [-0.3, -0.25) is 9.59 Å². The number of allylic oxidation sites excluding steroid dienone is 3. The van der Waals surface area contributed by atoms with Crippen LogP contribution in [0.25, 0.3) is 5.57 Å². The van der Waals surface area contributed by atoms with Crippen molar-refractivity contribution in [3.05, 3.63) is 136 Å². The summed E-state index contributed by atoms with van der Waals surface area (Å²) in [6.07, 6.45) is 28.6. The number of rotatable bonds is 22. The maximum Gasteiger partial charge on any atom is 0.163 e. The summed E-state index contributed by atoms with van der Waals surface area (Å²) < 4.78 is 5.57. The van der Waals surface area contributed by atoms with E-state index in [4.69, 9.17) is 10.5 Å². The van der Waals surface area contributed by atoms with Gasteiger partial charge in [0.15, 0.2) is 17.3 Å². The van der Waals surface area contributed by atoms with Gasteiger partial charge in [-0.25, -0.2) is 0 Å². The molecule has 3 aromatic rings. The van der Waals surface area contributed by atoms with Gasteiger partial charge >= 0.3 is 0 Å². The standard InChI is InChI=1S/C66H89N5O6/c1-77-63-35-59(50(31-61(63)75)29-51-40-71-64(67)32-48(51)21-19-45-13-8-12-44(26-45)18-17-43-10-4-2-5-11-43)53(42-72)30-57(74)34-56(73)27-46-20-22-54-33-55(70-41-62(76)47-14-6-3-7-15-47)37-66(54,36-46)38-60-58-23-25-68-39-52(58)28-49-16-9-24-69-65(49)60/h2,4-5,8-13,16,26,30-32,35,40,46-47,49,52,54-55,58,60,62,64-65,68-72,75-76H,3,6-7,14-15,17-25,27-29,33-34,36-39,41-42,67H2,1H3/b53-30+/t46-,49-,52-,54+,55+,58+,60-,62-,64?,65+,66-/m0/s1. The number of aliphatic hydroxyl groups is 2. The number of piperidine rings is 1. The lowest BCUT2D eigenvalue weighted by Gasteiger charge is -2.54. The molecule has 11 atom stereocenters. The first kappa shape index (κ1) is 55.4. The van der Waals surface area contributed by atoms with Crippen LogP contribution in [-0.4, -0.2) is 91.1 Å². The van der Waals surface area contributed by atoms with E-state index >= 15 is 0 Å². The van der Waals surface area contributed by atoms with Gasteiger partial charge in [-0.1, -0.05) is 86.0 Å². The molecule has 0 radical (unpaired) electrons. The molecule has 7 aliphatic rings. The van der Waals surface area contributed by atoms with Gasteiger partial charge in [-0.05, 0) is 225 Å². The Bertz CT molecular complexity index is 2620. The minimum atomic E-state index is -0.433. The molecule has 3 aliphatic heterocycles. The molecular weight excluding hydrogens is 959 g/mol. The van der Waals surface area contributed by atoms with Crippen molar-refractivity contribution in [2.24, 2.45) is 52.6 Å². The molecule has 0 amide bonds. The molecule has 11 heteroatoms. The molecule has 4 saturated carbocycles. The van der Waals surface area contributed by atoms with Gasteiger partial charge in [-0.15, -0.1) is 0 Å². The molecule has 77 heavy (non-hydrogen) atoms. The van der Waals surface area contributed by atoms with Crippen molar-refractivity contribution in [1.29, 1.82) is 0 Å². The molecule has 4 aliphatic carbocycles. The number of aliphatic hydroxyl groups excluding tert-OH is 2. The van der Waals surface area contributed by atoms with Crippen LogP contribution in [0.4, 0.5) is 0 Å². The lowest BCUT2D eigenvalue weighted by Crippen LogP contribution is -2.57. The van der Waals surface area contributed by atoms with E-state index in [0.717, 1.165) is 107 Å². The first-order chi connectivity index (χ1) is 37.5. The van der Waals surface area contributed by atoms with Crippen molar-refractivity contribution in [3.8, 4) is 11.5 Å². The number of ether oxygens (including phenoxy) is 1. The SMILES string of the molecule is COc1cc(/C(=C/C(=O)CC(=O)C[C@@H]2CC[C@@H]3C[C@@H](NC[C@H](O)C4CCCCC4)C[C@]3(C[C@H]3[C@@H]4CCNC[C@@H]4C[C@@H]4C=CCN[C@@H]34)C2)CO)c(CC2=CNC(N)C=C2CCc2cccc(CCc3ccccc3)c2)cc1O. The van der Waals surface area contributed by atoms with Gasteiger partial charge in [0, 0.05) is 37.8 Å². The molecule has 0 bridgehead atoms. The van der Waals surface area contributed by atoms with Crippen LogP contribution in [0, 0.1) is 46.8 Å². The van der Waals surface area contributed by atoms with E-state index in [2.05, 4.69) is 88.0 Å². The Balaban J connectivity index is 0.817. The maximum absolute atomic E-state index is 14.2. The molecule has 9 N–H and O–H groups in total. The number of hydrogen-bond acceptors (Lipinski definition) is 11. The van der Waals surface area contributed by atoms with Crippen LogP contribution in [0.3, 0.4) is 0 Å². The molecule has 11 nitrogen and oxygen atoms in total. The second-order valence-electron chi connectivity index (χ2n) is 24.7. The summed E-state index contributed by atoms with van der Waals surface area (Å²) in [6, 6.07) is 23.5. The topological polar surface area (TPSA) is 178 Å². The Morgan fingerprint density at radius 3 is 2.51 bits per heavy atom. The molecule has 0 aromatic heterocycles. The summed E-state index contributed by atoms with van der Waals surface area (Å²) >= 11 is 0. The average molecular weight is 1050 g/mol. The fourth-order valence-corrected chi connectivity index (χ4v) is 16.0. The number of carbonyl (C=O) groups is 2. The number of dihydropyridines is 1. The van der Waals surface area contributed by atoms with Gasteiger partial charge < -0.3 is 47.1 Å². The van der Waals surface area contributed by atoms with E-state index in [9.17, 15) is 24.9 Å². The third kappa shape index (κ3) is 13.8. The van der Waals surface area contributed by atoms with Crippen LogP contribution >= 0.6 is 0 Å². The number of carbonyl (C=O) groups excluding carboxylic acids is 2. The lowest BCUT2D eigenvalue weighted by atomic mass is 9.54. The van der Waals surface area contributed by atoms with E-state index in [-0.39, 0.29) is 53.1 Å². The Morgan fingerprint density at radius 1 is 0.909 bits per heavy atom. The van der Waals surface area contributed by atoms with Gasteiger partial charge in [0.25, 0.3) is 0 Å².